The quantitative estimate of drug-likeness (QED) is 0.677. The molecule has 0 radical (unpaired) electrons. The first-order valence-corrected chi connectivity index (χ1v) is 5.33. The zero-order valence-corrected chi connectivity index (χ0v) is 9.32. The molecule has 1 fully saturated rings. The summed E-state index contributed by atoms with van der Waals surface area (Å²) < 4.78 is 0. The Kier molecular flexibility index (Phi) is 4.65. The Balaban J connectivity index is 2.56. The van der Waals surface area contributed by atoms with Gasteiger partial charge in [0.15, 0.2) is 0 Å². The summed E-state index contributed by atoms with van der Waals surface area (Å²) in [5.41, 5.74) is 0. The van der Waals surface area contributed by atoms with Crippen LogP contribution in [0.3, 0.4) is 0 Å². The number of nitrogens with zero attached hydrogens (tertiary/aromatic N) is 1. The van der Waals surface area contributed by atoms with Gasteiger partial charge in [-0.05, 0) is 26.2 Å². The van der Waals surface area contributed by atoms with Crippen molar-refractivity contribution in [3.05, 3.63) is 0 Å². The van der Waals surface area contributed by atoms with Gasteiger partial charge in [0, 0.05) is 6.54 Å². The topological polar surface area (TPSA) is 69.6 Å². The second-order valence-electron chi connectivity index (χ2n) is 3.63. The van der Waals surface area contributed by atoms with E-state index in [2.05, 4.69) is 17.2 Å². The summed E-state index contributed by atoms with van der Waals surface area (Å²) in [6, 6.07) is -1.03. The molecule has 5 heteroatoms. The van der Waals surface area contributed by atoms with Gasteiger partial charge in [-0.15, -0.1) is 5.92 Å². The van der Waals surface area contributed by atoms with Crippen LogP contribution in [0, 0.1) is 11.8 Å². The minimum atomic E-state index is -0.934. The van der Waals surface area contributed by atoms with Crippen LogP contribution in [0.4, 0.5) is 4.79 Å². The molecule has 0 aromatic carbocycles. The van der Waals surface area contributed by atoms with E-state index in [1.54, 1.807) is 6.92 Å². The molecule has 0 aromatic rings. The second kappa shape index (κ2) is 6.01. The average Bonchev–Trinajstić information content (AvgIpc) is 2.29. The highest BCUT2D eigenvalue weighted by atomic mass is 16.4. The van der Waals surface area contributed by atoms with E-state index in [-0.39, 0.29) is 12.6 Å². The summed E-state index contributed by atoms with van der Waals surface area (Å²) in [6.45, 7) is 2.45. The normalized spacial score (nSPS) is 19.6. The first-order chi connectivity index (χ1) is 7.66. The molecular weight excluding hydrogens is 208 g/mol. The number of aliphatic carboxylic acids is 1. The van der Waals surface area contributed by atoms with Crippen LogP contribution in [0.5, 0.6) is 0 Å². The minimum absolute atomic E-state index is 0.262. The zero-order valence-electron chi connectivity index (χ0n) is 9.32. The van der Waals surface area contributed by atoms with E-state index in [1.165, 1.54) is 4.90 Å². The summed E-state index contributed by atoms with van der Waals surface area (Å²) in [6.07, 6.45) is 2.24. The van der Waals surface area contributed by atoms with Crippen molar-refractivity contribution in [1.82, 2.24) is 10.2 Å². The highest BCUT2D eigenvalue weighted by Crippen LogP contribution is 2.16. The molecule has 1 aliphatic heterocycles. The number of hydrogen-bond donors (Lipinski definition) is 2. The lowest BCUT2D eigenvalue weighted by atomic mass is 10.0. The molecule has 0 spiro atoms. The third-order valence-corrected chi connectivity index (χ3v) is 2.55. The summed E-state index contributed by atoms with van der Waals surface area (Å²) in [7, 11) is 0. The van der Waals surface area contributed by atoms with Crippen LogP contribution in [0.2, 0.25) is 0 Å². The van der Waals surface area contributed by atoms with Gasteiger partial charge in [0.05, 0.1) is 6.54 Å². The summed E-state index contributed by atoms with van der Waals surface area (Å²) in [5.74, 6) is 4.43. The fourth-order valence-electron chi connectivity index (χ4n) is 1.74. The Labute approximate surface area is 94.8 Å². The fraction of sp³-hybridized carbons (Fsp3) is 0.636. The predicted molar refractivity (Wildman–Crippen MR) is 58.8 cm³/mol. The maximum absolute atomic E-state index is 11.7. The fourth-order valence-corrected chi connectivity index (χ4v) is 1.74. The Hall–Kier alpha value is -1.70. The summed E-state index contributed by atoms with van der Waals surface area (Å²) in [5, 5.41) is 11.6. The Morgan fingerprint density at radius 3 is 2.88 bits per heavy atom. The number of amides is 2. The highest BCUT2D eigenvalue weighted by molar-refractivity contribution is 5.82. The maximum atomic E-state index is 11.7. The van der Waals surface area contributed by atoms with Crippen LogP contribution >= 0.6 is 0 Å². The van der Waals surface area contributed by atoms with Crippen LogP contribution in [0.1, 0.15) is 26.2 Å². The number of likely N-dealkylation sites (tertiary alicyclic amines) is 1. The number of urea groups is 1. The number of carbonyl (C=O) groups excluding carboxylic acids is 1. The molecule has 1 unspecified atom stereocenters. The lowest BCUT2D eigenvalue weighted by Gasteiger charge is -2.32. The third-order valence-electron chi connectivity index (χ3n) is 2.55. The molecule has 2 N–H and O–H groups in total. The number of hydrogen-bond acceptors (Lipinski definition) is 2. The molecule has 0 aromatic heterocycles. The van der Waals surface area contributed by atoms with Crippen LogP contribution in [-0.4, -0.2) is 41.1 Å². The standard InChI is InChI=1S/C11H16N2O3/c1-2-3-7-12-11(16)13-8-5-4-6-9(13)10(14)15/h9H,4-8H2,1H3,(H,12,16)(H,14,15). The van der Waals surface area contributed by atoms with Crippen molar-refractivity contribution in [2.75, 3.05) is 13.1 Å². The lowest BCUT2D eigenvalue weighted by Crippen LogP contribution is -2.51. The van der Waals surface area contributed by atoms with Gasteiger partial charge in [-0.25, -0.2) is 9.59 Å². The van der Waals surface area contributed by atoms with Crippen LogP contribution < -0.4 is 5.32 Å². The smallest absolute Gasteiger partial charge is 0.326 e. The van der Waals surface area contributed by atoms with Crippen LogP contribution in [0.15, 0.2) is 0 Å². The van der Waals surface area contributed by atoms with E-state index < -0.39 is 12.0 Å². The number of carboxylic acid groups (broad SMARTS) is 1. The van der Waals surface area contributed by atoms with E-state index in [4.69, 9.17) is 5.11 Å². The van der Waals surface area contributed by atoms with Crippen LogP contribution in [-0.2, 0) is 4.79 Å². The monoisotopic (exact) mass is 224 g/mol. The van der Waals surface area contributed by atoms with E-state index in [9.17, 15) is 9.59 Å². The molecule has 0 aliphatic carbocycles. The van der Waals surface area contributed by atoms with Gasteiger partial charge in [0.2, 0.25) is 0 Å². The molecule has 0 saturated carbocycles. The van der Waals surface area contributed by atoms with E-state index in [1.807, 2.05) is 0 Å². The zero-order chi connectivity index (χ0) is 12.0. The molecule has 2 amide bonds. The Morgan fingerprint density at radius 2 is 2.25 bits per heavy atom. The van der Waals surface area contributed by atoms with Crippen molar-refractivity contribution in [2.45, 2.75) is 32.2 Å². The van der Waals surface area contributed by atoms with Crippen molar-refractivity contribution in [3.63, 3.8) is 0 Å². The largest absolute Gasteiger partial charge is 0.480 e. The van der Waals surface area contributed by atoms with Gasteiger partial charge in [-0.3, -0.25) is 0 Å². The van der Waals surface area contributed by atoms with Crippen molar-refractivity contribution in [2.24, 2.45) is 0 Å². The number of carbonyl (C=O) groups is 2. The molecule has 1 atom stereocenters. The summed E-state index contributed by atoms with van der Waals surface area (Å²) >= 11 is 0. The predicted octanol–water partition coefficient (Wildman–Crippen LogP) is 0.658. The van der Waals surface area contributed by atoms with Gasteiger partial charge in [0.25, 0.3) is 0 Å². The third kappa shape index (κ3) is 3.16. The van der Waals surface area contributed by atoms with Crippen molar-refractivity contribution < 1.29 is 14.7 Å². The number of carboxylic acids is 1. The first-order valence-electron chi connectivity index (χ1n) is 5.33. The first kappa shape index (κ1) is 12.4. The molecule has 0 bridgehead atoms. The van der Waals surface area contributed by atoms with Gasteiger partial charge in [-0.1, -0.05) is 5.92 Å². The molecule has 1 aliphatic rings. The van der Waals surface area contributed by atoms with Crippen molar-refractivity contribution in [3.8, 4) is 11.8 Å². The summed E-state index contributed by atoms with van der Waals surface area (Å²) in [4.78, 5) is 24.0. The maximum Gasteiger partial charge on any atom is 0.326 e. The molecule has 1 saturated heterocycles. The number of piperidine rings is 1. The van der Waals surface area contributed by atoms with Crippen LogP contribution in [0.25, 0.3) is 0 Å². The molecule has 16 heavy (non-hydrogen) atoms. The SMILES string of the molecule is CC#CCNC(=O)N1CCCCC1C(=O)O. The second-order valence-corrected chi connectivity index (χ2v) is 3.63. The van der Waals surface area contributed by atoms with Gasteiger partial charge in [0.1, 0.15) is 6.04 Å². The highest BCUT2D eigenvalue weighted by Gasteiger charge is 2.31. The minimum Gasteiger partial charge on any atom is -0.480 e. The van der Waals surface area contributed by atoms with Crippen molar-refractivity contribution >= 4 is 12.0 Å². The number of nitrogens with one attached hydrogen (secondary N) is 1. The molecule has 88 valence electrons. The number of rotatable bonds is 2. The van der Waals surface area contributed by atoms with Gasteiger partial charge >= 0.3 is 12.0 Å². The van der Waals surface area contributed by atoms with Crippen molar-refractivity contribution in [1.29, 1.82) is 0 Å². The molecule has 5 nitrogen and oxygen atoms in total. The Bertz CT molecular complexity index is 330. The van der Waals surface area contributed by atoms with E-state index in [0.29, 0.717) is 13.0 Å². The molecule has 1 heterocycles. The van der Waals surface area contributed by atoms with Gasteiger partial charge in [-0.2, -0.15) is 0 Å². The van der Waals surface area contributed by atoms with E-state index >= 15 is 0 Å². The lowest BCUT2D eigenvalue weighted by molar-refractivity contribution is -0.143. The van der Waals surface area contributed by atoms with Gasteiger partial charge < -0.3 is 15.3 Å². The van der Waals surface area contributed by atoms with E-state index in [0.717, 1.165) is 12.8 Å². The Morgan fingerprint density at radius 1 is 1.50 bits per heavy atom. The molecular formula is C11H16N2O3. The molecule has 1 rings (SSSR count). The average molecular weight is 224 g/mol.